The minimum absolute atomic E-state index is 0.677. The summed E-state index contributed by atoms with van der Waals surface area (Å²) in [5, 5.41) is 7.76. The fourth-order valence-corrected chi connectivity index (χ4v) is 4.19. The van der Waals surface area contributed by atoms with E-state index in [4.69, 9.17) is 24.0 Å². The SMILES string of the molecule is COc1ccc(OC)c(C=Nn2c(-c3cc4ccccc4o3)csc2=Nc2cccnc2)c1. The molecule has 5 aromatic rings. The van der Waals surface area contributed by atoms with Gasteiger partial charge in [-0.3, -0.25) is 4.98 Å². The number of furan rings is 1. The summed E-state index contributed by atoms with van der Waals surface area (Å²) >= 11 is 1.47. The van der Waals surface area contributed by atoms with Crippen molar-refractivity contribution in [2.75, 3.05) is 14.2 Å². The molecule has 0 saturated heterocycles. The number of ether oxygens (including phenoxy) is 2. The van der Waals surface area contributed by atoms with E-state index in [0.29, 0.717) is 22.1 Å². The molecule has 0 aliphatic heterocycles. The maximum atomic E-state index is 6.10. The highest BCUT2D eigenvalue weighted by Crippen LogP contribution is 2.29. The maximum absolute atomic E-state index is 6.10. The fourth-order valence-electron chi connectivity index (χ4n) is 3.36. The van der Waals surface area contributed by atoms with Crippen LogP contribution in [-0.2, 0) is 0 Å². The summed E-state index contributed by atoms with van der Waals surface area (Å²) in [7, 11) is 3.25. The summed E-state index contributed by atoms with van der Waals surface area (Å²) < 4.78 is 18.7. The van der Waals surface area contributed by atoms with Gasteiger partial charge in [0.2, 0.25) is 4.80 Å². The van der Waals surface area contributed by atoms with E-state index >= 15 is 0 Å². The number of benzene rings is 2. The summed E-state index contributed by atoms with van der Waals surface area (Å²) in [5.41, 5.74) is 3.11. The van der Waals surface area contributed by atoms with Gasteiger partial charge in [0.15, 0.2) is 5.76 Å². The van der Waals surface area contributed by atoms with E-state index in [9.17, 15) is 0 Å². The Morgan fingerprint density at radius 3 is 2.73 bits per heavy atom. The van der Waals surface area contributed by atoms with Gasteiger partial charge in [-0.15, -0.1) is 11.3 Å². The number of pyridine rings is 1. The summed E-state index contributed by atoms with van der Waals surface area (Å²) in [4.78, 5) is 9.57. The van der Waals surface area contributed by atoms with Gasteiger partial charge >= 0.3 is 0 Å². The first-order valence-corrected chi connectivity index (χ1v) is 11.0. The number of hydrogen-bond acceptors (Lipinski definition) is 7. The molecule has 164 valence electrons. The van der Waals surface area contributed by atoms with E-state index < -0.39 is 0 Å². The van der Waals surface area contributed by atoms with Crippen molar-refractivity contribution in [1.29, 1.82) is 0 Å². The molecule has 3 heterocycles. The number of rotatable bonds is 6. The summed E-state index contributed by atoms with van der Waals surface area (Å²) in [5.74, 6) is 2.10. The van der Waals surface area contributed by atoms with Crippen LogP contribution in [0.25, 0.3) is 22.4 Å². The minimum atomic E-state index is 0.677. The molecule has 0 bridgehead atoms. The molecule has 7 nitrogen and oxygen atoms in total. The Bertz CT molecular complexity index is 1470. The summed E-state index contributed by atoms with van der Waals surface area (Å²) in [6.07, 6.45) is 5.15. The zero-order valence-corrected chi connectivity index (χ0v) is 18.8. The van der Waals surface area contributed by atoms with E-state index in [2.05, 4.69) is 4.98 Å². The average molecular weight is 457 g/mol. The minimum Gasteiger partial charge on any atom is -0.497 e. The highest BCUT2D eigenvalue weighted by atomic mass is 32.1. The Hall–Kier alpha value is -4.17. The molecule has 0 aliphatic rings. The van der Waals surface area contributed by atoms with Crippen LogP contribution in [-0.4, -0.2) is 30.1 Å². The normalized spacial score (nSPS) is 12.0. The number of thiazole rings is 1. The van der Waals surface area contributed by atoms with Crippen LogP contribution in [0.2, 0.25) is 0 Å². The van der Waals surface area contributed by atoms with Crippen molar-refractivity contribution in [2.24, 2.45) is 10.1 Å². The number of fused-ring (bicyclic) bond motifs is 1. The van der Waals surface area contributed by atoms with Crippen molar-refractivity contribution in [3.63, 3.8) is 0 Å². The Balaban J connectivity index is 1.66. The smallest absolute Gasteiger partial charge is 0.211 e. The molecule has 0 saturated carbocycles. The predicted octanol–water partition coefficient (Wildman–Crippen LogP) is 5.49. The van der Waals surface area contributed by atoms with Crippen molar-refractivity contribution in [3.05, 3.63) is 88.8 Å². The molecule has 0 fully saturated rings. The lowest BCUT2D eigenvalue weighted by atomic mass is 10.2. The fraction of sp³-hybridized carbons (Fsp3) is 0.0800. The molecule has 3 aromatic heterocycles. The van der Waals surface area contributed by atoms with Gasteiger partial charge in [0, 0.05) is 22.5 Å². The Kier molecular flexibility index (Phi) is 5.73. The Morgan fingerprint density at radius 2 is 1.94 bits per heavy atom. The van der Waals surface area contributed by atoms with Gasteiger partial charge in [0.05, 0.1) is 32.3 Å². The molecule has 0 radical (unpaired) electrons. The zero-order valence-electron chi connectivity index (χ0n) is 18.0. The van der Waals surface area contributed by atoms with E-state index in [-0.39, 0.29) is 0 Å². The second-order valence-electron chi connectivity index (χ2n) is 7.04. The number of nitrogens with zero attached hydrogens (tertiary/aromatic N) is 4. The third-order valence-electron chi connectivity index (χ3n) is 4.98. The van der Waals surface area contributed by atoms with E-state index in [1.165, 1.54) is 11.3 Å². The molecule has 33 heavy (non-hydrogen) atoms. The molecule has 0 aliphatic carbocycles. The quantitative estimate of drug-likeness (QED) is 0.317. The van der Waals surface area contributed by atoms with Crippen LogP contribution >= 0.6 is 11.3 Å². The van der Waals surface area contributed by atoms with Gasteiger partial charge in [-0.2, -0.15) is 5.10 Å². The van der Waals surface area contributed by atoms with E-state index in [1.54, 1.807) is 37.5 Å². The average Bonchev–Trinajstić information content (AvgIpc) is 3.47. The molecule has 0 spiro atoms. The third kappa shape index (κ3) is 4.28. The highest BCUT2D eigenvalue weighted by molar-refractivity contribution is 7.07. The summed E-state index contributed by atoms with van der Waals surface area (Å²) in [6.45, 7) is 0. The highest BCUT2D eigenvalue weighted by Gasteiger charge is 2.13. The molecule has 0 N–H and O–H groups in total. The first kappa shape index (κ1) is 20.7. The molecule has 8 heteroatoms. The number of para-hydroxylation sites is 1. The monoisotopic (exact) mass is 456 g/mol. The van der Waals surface area contributed by atoms with Gasteiger partial charge in [0.25, 0.3) is 0 Å². The van der Waals surface area contributed by atoms with Gasteiger partial charge in [-0.1, -0.05) is 18.2 Å². The third-order valence-corrected chi connectivity index (χ3v) is 5.80. The maximum Gasteiger partial charge on any atom is 0.211 e. The second-order valence-corrected chi connectivity index (χ2v) is 7.88. The zero-order chi connectivity index (χ0) is 22.6. The van der Waals surface area contributed by atoms with Crippen LogP contribution in [0.5, 0.6) is 11.5 Å². The lowest BCUT2D eigenvalue weighted by Crippen LogP contribution is -2.11. The Morgan fingerprint density at radius 1 is 1.03 bits per heavy atom. The Labute approximate surface area is 193 Å². The van der Waals surface area contributed by atoms with Crippen LogP contribution in [0.4, 0.5) is 5.69 Å². The number of methoxy groups -OCH3 is 2. The lowest BCUT2D eigenvalue weighted by Gasteiger charge is -2.07. The van der Waals surface area contributed by atoms with Crippen LogP contribution in [0.15, 0.2) is 92.9 Å². The first-order valence-electron chi connectivity index (χ1n) is 10.2. The van der Waals surface area contributed by atoms with Crippen molar-refractivity contribution < 1.29 is 13.9 Å². The summed E-state index contributed by atoms with van der Waals surface area (Å²) in [6, 6.07) is 19.2. The van der Waals surface area contributed by atoms with Gasteiger partial charge < -0.3 is 13.9 Å². The van der Waals surface area contributed by atoms with Crippen molar-refractivity contribution in [2.45, 2.75) is 0 Å². The molecule has 0 unspecified atom stereocenters. The van der Waals surface area contributed by atoms with Crippen molar-refractivity contribution in [1.82, 2.24) is 9.66 Å². The van der Waals surface area contributed by atoms with Crippen LogP contribution < -0.4 is 14.3 Å². The topological polar surface area (TPSA) is 74.1 Å². The molecular weight excluding hydrogens is 436 g/mol. The van der Waals surface area contributed by atoms with Crippen LogP contribution in [0.3, 0.4) is 0 Å². The first-order chi connectivity index (χ1) is 16.2. The van der Waals surface area contributed by atoms with E-state index in [1.807, 2.05) is 66.0 Å². The van der Waals surface area contributed by atoms with Crippen LogP contribution in [0.1, 0.15) is 5.56 Å². The van der Waals surface area contributed by atoms with E-state index in [0.717, 1.165) is 27.9 Å². The van der Waals surface area contributed by atoms with Crippen molar-refractivity contribution >= 4 is 34.2 Å². The van der Waals surface area contributed by atoms with Gasteiger partial charge in [-0.05, 0) is 42.5 Å². The second kappa shape index (κ2) is 9.13. The standard InChI is InChI=1S/C25H20N4O3S/c1-30-20-9-10-22(31-2)18(12-20)14-27-29-21(24-13-17-6-3-4-8-23(17)32-24)16-33-25(29)28-19-7-5-11-26-15-19/h3-16H,1-2H3. The molecule has 0 atom stereocenters. The number of aromatic nitrogens is 2. The molecular formula is C25H20N4O3S. The number of hydrogen-bond donors (Lipinski definition) is 0. The predicted molar refractivity (Wildman–Crippen MR) is 130 cm³/mol. The lowest BCUT2D eigenvalue weighted by molar-refractivity contribution is 0.402. The largest absolute Gasteiger partial charge is 0.497 e. The molecule has 0 amide bonds. The molecule has 2 aromatic carbocycles. The van der Waals surface area contributed by atoms with Gasteiger partial charge in [-0.25, -0.2) is 9.67 Å². The van der Waals surface area contributed by atoms with Crippen molar-refractivity contribution in [3.8, 4) is 23.0 Å². The van der Waals surface area contributed by atoms with Gasteiger partial charge in [0.1, 0.15) is 22.8 Å². The molecule has 5 rings (SSSR count). The van der Waals surface area contributed by atoms with Crippen LogP contribution in [0, 0.1) is 0 Å².